The maximum Gasteiger partial charge on any atom is 0.0868 e. The van der Waals surface area contributed by atoms with Crippen molar-refractivity contribution in [3.63, 3.8) is 0 Å². The van der Waals surface area contributed by atoms with E-state index < -0.39 is 0 Å². The van der Waals surface area contributed by atoms with E-state index >= 15 is 0 Å². The zero-order valence-electron chi connectivity index (χ0n) is 12.5. The fourth-order valence-electron chi connectivity index (χ4n) is 2.31. The van der Waals surface area contributed by atoms with Crippen molar-refractivity contribution in [2.45, 2.75) is 32.7 Å². The van der Waals surface area contributed by atoms with E-state index in [0.717, 1.165) is 41.4 Å². The Morgan fingerprint density at radius 2 is 2.14 bits per heavy atom. The molecule has 0 aliphatic carbocycles. The summed E-state index contributed by atoms with van der Waals surface area (Å²) in [4.78, 5) is 0. The molecule has 0 fully saturated rings. The summed E-state index contributed by atoms with van der Waals surface area (Å²) in [6, 6.07) is 8.42. The second-order valence-electron chi connectivity index (χ2n) is 5.03. The van der Waals surface area contributed by atoms with Gasteiger partial charge in [-0.05, 0) is 37.0 Å². The molecule has 0 amide bonds. The molecule has 0 aliphatic heterocycles. The van der Waals surface area contributed by atoms with Crippen molar-refractivity contribution in [1.82, 2.24) is 9.78 Å². The number of rotatable bonds is 7. The number of halogens is 2. The highest BCUT2D eigenvalue weighted by molar-refractivity contribution is 6.31. The van der Waals surface area contributed by atoms with Gasteiger partial charge in [0.15, 0.2) is 0 Å². The number of aromatic nitrogens is 2. The van der Waals surface area contributed by atoms with Gasteiger partial charge in [-0.3, -0.25) is 4.68 Å². The Morgan fingerprint density at radius 1 is 1.33 bits per heavy atom. The summed E-state index contributed by atoms with van der Waals surface area (Å²) < 4.78 is 1.85. The van der Waals surface area contributed by atoms with E-state index in [4.69, 9.17) is 23.2 Å². The Bertz CT molecular complexity index is 593. The third-order valence-electron chi connectivity index (χ3n) is 3.49. The van der Waals surface area contributed by atoms with Crippen LogP contribution in [0.15, 0.2) is 24.3 Å². The summed E-state index contributed by atoms with van der Waals surface area (Å²) in [6.45, 7) is 2.73. The SMILES string of the molecule is CCc1nn(C)c(CNc2cccc(CCCCl)c2)c1Cl. The lowest BCUT2D eigenvalue weighted by Crippen LogP contribution is -2.06. The maximum absolute atomic E-state index is 6.36. The molecular weight excluding hydrogens is 305 g/mol. The lowest BCUT2D eigenvalue weighted by molar-refractivity contribution is 0.707. The van der Waals surface area contributed by atoms with Crippen LogP contribution in [0, 0.1) is 0 Å². The molecule has 1 aromatic carbocycles. The van der Waals surface area contributed by atoms with Gasteiger partial charge in [0.25, 0.3) is 0 Å². The highest BCUT2D eigenvalue weighted by Gasteiger charge is 2.12. The number of benzene rings is 1. The monoisotopic (exact) mass is 325 g/mol. The highest BCUT2D eigenvalue weighted by Crippen LogP contribution is 2.22. The van der Waals surface area contributed by atoms with Crippen LogP contribution >= 0.6 is 23.2 Å². The molecule has 0 unspecified atom stereocenters. The van der Waals surface area contributed by atoms with Gasteiger partial charge in [-0.1, -0.05) is 30.7 Å². The van der Waals surface area contributed by atoms with E-state index in [-0.39, 0.29) is 0 Å². The minimum atomic E-state index is 0.668. The van der Waals surface area contributed by atoms with Crippen LogP contribution in [0.4, 0.5) is 5.69 Å². The molecular formula is C16H21Cl2N3. The molecule has 0 atom stereocenters. The summed E-state index contributed by atoms with van der Waals surface area (Å²) in [5.41, 5.74) is 4.36. The van der Waals surface area contributed by atoms with Crippen molar-refractivity contribution in [3.8, 4) is 0 Å². The highest BCUT2D eigenvalue weighted by atomic mass is 35.5. The number of nitrogens with one attached hydrogen (secondary N) is 1. The minimum absolute atomic E-state index is 0.668. The first kappa shape index (κ1) is 16.2. The molecule has 0 saturated carbocycles. The quantitative estimate of drug-likeness (QED) is 0.763. The summed E-state index contributed by atoms with van der Waals surface area (Å²) >= 11 is 12.1. The van der Waals surface area contributed by atoms with E-state index in [1.165, 1.54) is 5.56 Å². The maximum atomic E-state index is 6.36. The van der Waals surface area contributed by atoms with Gasteiger partial charge in [0.1, 0.15) is 0 Å². The van der Waals surface area contributed by atoms with Gasteiger partial charge in [0, 0.05) is 18.6 Å². The topological polar surface area (TPSA) is 29.9 Å². The van der Waals surface area contributed by atoms with E-state index in [1.54, 1.807) is 0 Å². The zero-order valence-corrected chi connectivity index (χ0v) is 14.0. The normalized spacial score (nSPS) is 10.9. The molecule has 2 rings (SSSR count). The van der Waals surface area contributed by atoms with Gasteiger partial charge >= 0.3 is 0 Å². The first-order chi connectivity index (χ1) is 10.2. The molecule has 3 nitrogen and oxygen atoms in total. The third kappa shape index (κ3) is 4.14. The molecule has 0 spiro atoms. The number of aryl methyl sites for hydroxylation is 3. The molecule has 21 heavy (non-hydrogen) atoms. The van der Waals surface area contributed by atoms with E-state index in [1.807, 2.05) is 11.7 Å². The zero-order chi connectivity index (χ0) is 15.2. The van der Waals surface area contributed by atoms with Crippen molar-refractivity contribution in [2.75, 3.05) is 11.2 Å². The van der Waals surface area contributed by atoms with Crippen molar-refractivity contribution in [3.05, 3.63) is 46.2 Å². The molecule has 1 heterocycles. The van der Waals surface area contributed by atoms with E-state index in [9.17, 15) is 0 Å². The summed E-state index contributed by atoms with van der Waals surface area (Å²) in [5.74, 6) is 0.697. The summed E-state index contributed by atoms with van der Waals surface area (Å²) in [7, 11) is 1.93. The molecule has 114 valence electrons. The number of anilines is 1. The van der Waals surface area contributed by atoms with Crippen LogP contribution in [0.5, 0.6) is 0 Å². The van der Waals surface area contributed by atoms with Crippen molar-refractivity contribution >= 4 is 28.9 Å². The smallest absolute Gasteiger partial charge is 0.0868 e. The van der Waals surface area contributed by atoms with Crippen molar-refractivity contribution < 1.29 is 0 Å². The van der Waals surface area contributed by atoms with Gasteiger partial charge in [-0.25, -0.2) is 0 Å². The molecule has 0 saturated heterocycles. The van der Waals surface area contributed by atoms with Crippen LogP contribution in [-0.2, 0) is 26.4 Å². The molecule has 0 bridgehead atoms. The number of alkyl halides is 1. The minimum Gasteiger partial charge on any atom is -0.379 e. The van der Waals surface area contributed by atoms with Crippen LogP contribution < -0.4 is 5.32 Å². The standard InChI is InChI=1S/C16H21Cl2N3/c1-3-14-16(18)15(21(2)20-14)11-19-13-8-4-6-12(10-13)7-5-9-17/h4,6,8,10,19H,3,5,7,9,11H2,1-2H3. The first-order valence-electron chi connectivity index (χ1n) is 7.24. The van der Waals surface area contributed by atoms with Gasteiger partial charge in [-0.2, -0.15) is 5.10 Å². The fourth-order valence-corrected chi connectivity index (χ4v) is 2.80. The summed E-state index contributed by atoms with van der Waals surface area (Å²) in [5, 5.41) is 8.62. The van der Waals surface area contributed by atoms with Gasteiger partial charge in [-0.15, -0.1) is 11.6 Å². The first-order valence-corrected chi connectivity index (χ1v) is 8.16. The Kier molecular flexibility index (Phi) is 5.95. The molecule has 1 N–H and O–H groups in total. The lowest BCUT2D eigenvalue weighted by atomic mass is 10.1. The van der Waals surface area contributed by atoms with Crippen molar-refractivity contribution in [2.24, 2.45) is 7.05 Å². The number of hydrogen-bond donors (Lipinski definition) is 1. The second kappa shape index (κ2) is 7.71. The van der Waals surface area contributed by atoms with Crippen LogP contribution in [-0.4, -0.2) is 15.7 Å². The van der Waals surface area contributed by atoms with Crippen molar-refractivity contribution in [1.29, 1.82) is 0 Å². The van der Waals surface area contributed by atoms with Gasteiger partial charge in [0.05, 0.1) is 23.0 Å². The molecule has 5 heteroatoms. The molecule has 2 aromatic rings. The predicted molar refractivity (Wildman–Crippen MR) is 90.4 cm³/mol. The fraction of sp³-hybridized carbons (Fsp3) is 0.438. The molecule has 0 radical (unpaired) electrons. The van der Waals surface area contributed by atoms with E-state index in [2.05, 4.69) is 41.6 Å². The number of hydrogen-bond acceptors (Lipinski definition) is 2. The Balaban J connectivity index is 2.04. The molecule has 1 aromatic heterocycles. The van der Waals surface area contributed by atoms with E-state index in [0.29, 0.717) is 12.4 Å². The number of nitrogens with zero attached hydrogens (tertiary/aromatic N) is 2. The van der Waals surface area contributed by atoms with Crippen LogP contribution in [0.25, 0.3) is 0 Å². The van der Waals surface area contributed by atoms with Crippen LogP contribution in [0.3, 0.4) is 0 Å². The average Bonchev–Trinajstić information content (AvgIpc) is 2.77. The Labute approximate surface area is 136 Å². The third-order valence-corrected chi connectivity index (χ3v) is 4.19. The second-order valence-corrected chi connectivity index (χ2v) is 5.79. The predicted octanol–water partition coefficient (Wildman–Crippen LogP) is 4.42. The van der Waals surface area contributed by atoms with Gasteiger partial charge in [0.2, 0.25) is 0 Å². The Morgan fingerprint density at radius 3 is 2.81 bits per heavy atom. The van der Waals surface area contributed by atoms with Crippen LogP contribution in [0.1, 0.15) is 30.3 Å². The largest absolute Gasteiger partial charge is 0.379 e. The summed E-state index contributed by atoms with van der Waals surface area (Å²) in [6.07, 6.45) is 2.85. The Hall–Kier alpha value is -1.19. The lowest BCUT2D eigenvalue weighted by Gasteiger charge is -2.09. The molecule has 0 aliphatic rings. The van der Waals surface area contributed by atoms with Crippen LogP contribution in [0.2, 0.25) is 5.02 Å². The average molecular weight is 326 g/mol. The van der Waals surface area contributed by atoms with Gasteiger partial charge < -0.3 is 5.32 Å².